The number of benzene rings is 3. The second kappa shape index (κ2) is 12.0. The third kappa shape index (κ3) is 5.64. The molecule has 0 spiro atoms. The Morgan fingerprint density at radius 3 is 2.38 bits per heavy atom. The van der Waals surface area contributed by atoms with Crippen LogP contribution in [-0.4, -0.2) is 41.6 Å². The number of amides is 1. The van der Waals surface area contributed by atoms with Crippen LogP contribution >= 0.6 is 23.4 Å². The van der Waals surface area contributed by atoms with Gasteiger partial charge in [0.1, 0.15) is 24.8 Å². The van der Waals surface area contributed by atoms with Crippen molar-refractivity contribution in [2.24, 2.45) is 4.99 Å². The molecule has 204 valence electrons. The largest absolute Gasteiger partial charge is 0.490 e. The van der Waals surface area contributed by atoms with E-state index < -0.39 is 5.91 Å². The van der Waals surface area contributed by atoms with E-state index in [0.29, 0.717) is 40.5 Å². The van der Waals surface area contributed by atoms with E-state index >= 15 is 0 Å². The molecule has 1 N–H and O–H groups in total. The van der Waals surface area contributed by atoms with Crippen molar-refractivity contribution in [2.75, 3.05) is 19.8 Å². The van der Waals surface area contributed by atoms with Crippen molar-refractivity contribution in [3.05, 3.63) is 98.9 Å². The molecule has 5 rings (SSSR count). The van der Waals surface area contributed by atoms with Gasteiger partial charge in [-0.25, -0.2) is 0 Å². The van der Waals surface area contributed by atoms with Gasteiger partial charge in [0.25, 0.3) is 5.91 Å². The summed E-state index contributed by atoms with van der Waals surface area (Å²) in [6.07, 6.45) is 1.61. The van der Waals surface area contributed by atoms with E-state index in [0.717, 1.165) is 28.1 Å². The van der Waals surface area contributed by atoms with Crippen molar-refractivity contribution in [2.45, 2.75) is 20.8 Å². The molecule has 0 aliphatic carbocycles. The second-order valence-electron chi connectivity index (χ2n) is 9.11. The monoisotopic (exact) mass is 573 g/mol. The number of nitrogens with zero attached hydrogens (tertiary/aromatic N) is 2. The summed E-state index contributed by atoms with van der Waals surface area (Å²) in [7, 11) is 0. The molecule has 0 fully saturated rings. The van der Waals surface area contributed by atoms with Gasteiger partial charge in [-0.3, -0.25) is 15.1 Å². The maximum Gasteiger partial charge on any atom is 0.283 e. The van der Waals surface area contributed by atoms with E-state index in [1.165, 1.54) is 11.8 Å². The zero-order chi connectivity index (χ0) is 28.2. The Bertz CT molecular complexity index is 1550. The number of halogens is 1. The van der Waals surface area contributed by atoms with Crippen LogP contribution in [0.1, 0.15) is 29.2 Å². The van der Waals surface area contributed by atoms with Crippen LogP contribution < -0.4 is 14.2 Å². The SMILES string of the molecule is CCOc1cc(/C=C2/C(=N)N3C(c4ccccc4)=CSC3=NC2=O)cc(Cl)c1OCCOc1c(C)cccc1C. The highest BCUT2D eigenvalue weighted by Gasteiger charge is 2.36. The molecule has 3 aromatic carbocycles. The van der Waals surface area contributed by atoms with Crippen molar-refractivity contribution < 1.29 is 19.0 Å². The quantitative estimate of drug-likeness (QED) is 0.217. The van der Waals surface area contributed by atoms with Gasteiger partial charge < -0.3 is 14.2 Å². The van der Waals surface area contributed by atoms with Gasteiger partial charge in [0.2, 0.25) is 0 Å². The molecule has 0 atom stereocenters. The maximum atomic E-state index is 12.9. The highest BCUT2D eigenvalue weighted by atomic mass is 35.5. The van der Waals surface area contributed by atoms with Gasteiger partial charge in [-0.05, 0) is 61.2 Å². The molecule has 2 aliphatic heterocycles. The van der Waals surface area contributed by atoms with Crippen LogP contribution in [0.15, 0.2) is 76.6 Å². The number of amidine groups is 2. The van der Waals surface area contributed by atoms with Crippen LogP contribution in [0, 0.1) is 19.3 Å². The van der Waals surface area contributed by atoms with E-state index in [-0.39, 0.29) is 18.0 Å². The van der Waals surface area contributed by atoms with Crippen molar-refractivity contribution in [1.82, 2.24) is 4.90 Å². The predicted octanol–water partition coefficient (Wildman–Crippen LogP) is 7.12. The molecule has 0 unspecified atom stereocenters. The van der Waals surface area contributed by atoms with Crippen LogP contribution in [0.5, 0.6) is 17.2 Å². The first kappa shape index (κ1) is 27.6. The molecular weight excluding hydrogens is 546 g/mol. The Morgan fingerprint density at radius 2 is 1.68 bits per heavy atom. The van der Waals surface area contributed by atoms with Gasteiger partial charge in [-0.2, -0.15) is 4.99 Å². The van der Waals surface area contributed by atoms with Gasteiger partial charge in [-0.15, -0.1) is 0 Å². The maximum absolute atomic E-state index is 12.9. The molecule has 7 nitrogen and oxygen atoms in total. The molecular formula is C31H28ClN3O4S. The summed E-state index contributed by atoms with van der Waals surface area (Å²) in [6.45, 7) is 6.86. The molecule has 9 heteroatoms. The zero-order valence-electron chi connectivity index (χ0n) is 22.4. The van der Waals surface area contributed by atoms with E-state index in [9.17, 15) is 4.79 Å². The number of fused-ring (bicyclic) bond motifs is 1. The number of aryl methyl sites for hydroxylation is 2. The normalized spacial score (nSPS) is 15.6. The summed E-state index contributed by atoms with van der Waals surface area (Å²) in [4.78, 5) is 18.9. The first-order chi connectivity index (χ1) is 19.4. The lowest BCUT2D eigenvalue weighted by Crippen LogP contribution is -2.38. The van der Waals surface area contributed by atoms with Crippen LogP contribution in [0.2, 0.25) is 5.02 Å². The number of ether oxygens (including phenoxy) is 3. The third-order valence-electron chi connectivity index (χ3n) is 6.31. The van der Waals surface area contributed by atoms with E-state index in [1.54, 1.807) is 23.1 Å². The van der Waals surface area contributed by atoms with Crippen molar-refractivity contribution in [3.63, 3.8) is 0 Å². The fourth-order valence-corrected chi connectivity index (χ4v) is 5.63. The molecule has 2 aliphatic rings. The minimum atomic E-state index is -0.482. The Hall–Kier alpha value is -4.01. The van der Waals surface area contributed by atoms with Gasteiger partial charge >= 0.3 is 0 Å². The molecule has 0 saturated carbocycles. The Morgan fingerprint density at radius 1 is 0.975 bits per heavy atom. The summed E-state index contributed by atoms with van der Waals surface area (Å²) in [5.74, 6) is 1.25. The topological polar surface area (TPSA) is 84.2 Å². The molecule has 1 amide bonds. The summed E-state index contributed by atoms with van der Waals surface area (Å²) in [6, 6.07) is 19.2. The molecule has 2 heterocycles. The molecule has 40 heavy (non-hydrogen) atoms. The number of para-hydroxylation sites is 1. The minimum Gasteiger partial charge on any atom is -0.490 e. The first-order valence-electron chi connectivity index (χ1n) is 12.8. The Labute approximate surface area is 242 Å². The fourth-order valence-electron chi connectivity index (χ4n) is 4.47. The Kier molecular flexibility index (Phi) is 8.28. The van der Waals surface area contributed by atoms with E-state index in [2.05, 4.69) is 4.99 Å². The number of thioether (sulfide) groups is 1. The van der Waals surface area contributed by atoms with E-state index in [1.807, 2.05) is 74.7 Å². The van der Waals surface area contributed by atoms with Gasteiger partial charge in [0.05, 0.1) is 22.9 Å². The second-order valence-corrected chi connectivity index (χ2v) is 10.4. The van der Waals surface area contributed by atoms with Gasteiger partial charge in [-0.1, -0.05) is 71.9 Å². The summed E-state index contributed by atoms with van der Waals surface area (Å²) in [5, 5.41) is 11.6. The minimum absolute atomic E-state index is 0.0492. The fraction of sp³-hybridized carbons (Fsp3) is 0.194. The standard InChI is InChI=1S/C31H28ClN3O4S/c1-4-37-26-17-21(16-24(32)28(26)39-14-13-38-27-19(2)9-8-10-20(27)3)15-23-29(33)35-25(22-11-6-5-7-12-22)18-40-31(35)34-30(23)36/h5-12,15-18,33H,4,13-14H2,1-3H3/b23-15-,33-29?. The number of nitrogens with one attached hydrogen (secondary N) is 1. The van der Waals surface area contributed by atoms with Gasteiger partial charge in [0, 0.05) is 5.41 Å². The average Bonchev–Trinajstić information content (AvgIpc) is 3.36. The van der Waals surface area contributed by atoms with Crippen LogP contribution in [0.25, 0.3) is 11.8 Å². The smallest absolute Gasteiger partial charge is 0.283 e. The summed E-state index contributed by atoms with van der Waals surface area (Å²) in [5.41, 5.74) is 4.60. The number of carbonyl (C=O) groups excluding carboxylic acids is 1. The molecule has 0 bridgehead atoms. The predicted molar refractivity (Wildman–Crippen MR) is 162 cm³/mol. The summed E-state index contributed by atoms with van der Waals surface area (Å²) >= 11 is 7.96. The van der Waals surface area contributed by atoms with Crippen LogP contribution in [0.3, 0.4) is 0 Å². The highest BCUT2D eigenvalue weighted by molar-refractivity contribution is 8.17. The zero-order valence-corrected chi connectivity index (χ0v) is 23.9. The van der Waals surface area contributed by atoms with Crippen molar-refractivity contribution >= 4 is 52.0 Å². The average molecular weight is 574 g/mol. The van der Waals surface area contributed by atoms with E-state index in [4.69, 9.17) is 31.2 Å². The number of carbonyl (C=O) groups is 1. The lowest BCUT2D eigenvalue weighted by Gasteiger charge is -2.27. The lowest BCUT2D eigenvalue weighted by atomic mass is 10.1. The lowest BCUT2D eigenvalue weighted by molar-refractivity contribution is -0.114. The first-order valence-corrected chi connectivity index (χ1v) is 14.1. The highest BCUT2D eigenvalue weighted by Crippen LogP contribution is 2.40. The molecule has 0 radical (unpaired) electrons. The number of hydrogen-bond donors (Lipinski definition) is 1. The number of hydrogen-bond acceptors (Lipinski definition) is 6. The van der Waals surface area contributed by atoms with Gasteiger partial charge in [0.15, 0.2) is 16.7 Å². The molecule has 3 aromatic rings. The third-order valence-corrected chi connectivity index (χ3v) is 7.42. The van der Waals surface area contributed by atoms with Crippen molar-refractivity contribution in [3.8, 4) is 17.2 Å². The van der Waals surface area contributed by atoms with Crippen LogP contribution in [-0.2, 0) is 4.79 Å². The van der Waals surface area contributed by atoms with Crippen LogP contribution in [0.4, 0.5) is 0 Å². The summed E-state index contributed by atoms with van der Waals surface area (Å²) < 4.78 is 17.8. The Balaban J connectivity index is 1.36. The number of aliphatic imine (C=N–C) groups is 1. The number of rotatable bonds is 9. The molecule has 0 saturated heterocycles. The van der Waals surface area contributed by atoms with Crippen molar-refractivity contribution in [1.29, 1.82) is 5.41 Å². The molecule has 0 aromatic heterocycles.